The standard InChI is InChI=1S/C25H39N7O7/c1-14(2)11-16(26)21(35)31-19(13-20(33)34)23(37)32-18(12-15-7-4-3-5-8-15)22(36)30-17(24(38)39)9-6-10-29-25(27)28/h3-5,7-8,14,16-19H,6,9-13,26H2,1-2H3,(H,30,36)(H,31,35)(H,32,37)(H,33,34)(H,38,39)(H4,27,28,29). The van der Waals surface area contributed by atoms with Crippen molar-refractivity contribution >= 4 is 35.6 Å². The molecular formula is C25H39N7O7. The number of carbonyl (C=O) groups is 5. The van der Waals surface area contributed by atoms with Crippen LogP contribution in [0.5, 0.6) is 0 Å². The number of amides is 3. The number of benzene rings is 1. The van der Waals surface area contributed by atoms with Crippen molar-refractivity contribution in [2.24, 2.45) is 28.1 Å². The van der Waals surface area contributed by atoms with Gasteiger partial charge in [-0.05, 0) is 30.7 Å². The van der Waals surface area contributed by atoms with Gasteiger partial charge in [-0.3, -0.25) is 24.2 Å². The number of nitrogens with one attached hydrogen (secondary N) is 3. The Kier molecular flexibility index (Phi) is 14.0. The van der Waals surface area contributed by atoms with Crippen LogP contribution in [-0.2, 0) is 30.4 Å². The molecular weight excluding hydrogens is 510 g/mol. The summed E-state index contributed by atoms with van der Waals surface area (Å²) in [6.45, 7) is 3.86. The van der Waals surface area contributed by atoms with Gasteiger partial charge in [-0.2, -0.15) is 0 Å². The van der Waals surface area contributed by atoms with Gasteiger partial charge in [-0.1, -0.05) is 44.2 Å². The number of carboxylic acid groups (broad SMARTS) is 2. The summed E-state index contributed by atoms with van der Waals surface area (Å²) < 4.78 is 0. The molecule has 0 heterocycles. The highest BCUT2D eigenvalue weighted by atomic mass is 16.4. The molecule has 0 fully saturated rings. The number of carbonyl (C=O) groups excluding carboxylic acids is 3. The number of aliphatic imine (C=N–C) groups is 1. The van der Waals surface area contributed by atoms with Crippen LogP contribution in [0.15, 0.2) is 35.3 Å². The maximum absolute atomic E-state index is 13.2. The van der Waals surface area contributed by atoms with Gasteiger partial charge in [0.2, 0.25) is 17.7 Å². The van der Waals surface area contributed by atoms with Crippen molar-refractivity contribution in [2.45, 2.75) is 70.1 Å². The van der Waals surface area contributed by atoms with E-state index in [2.05, 4.69) is 20.9 Å². The average Bonchev–Trinajstić information content (AvgIpc) is 2.84. The summed E-state index contributed by atoms with van der Waals surface area (Å²) >= 11 is 0. The molecule has 1 aromatic rings. The summed E-state index contributed by atoms with van der Waals surface area (Å²) in [6, 6.07) is 3.55. The highest BCUT2D eigenvalue weighted by molar-refractivity contribution is 5.95. The van der Waals surface area contributed by atoms with Gasteiger partial charge in [0.25, 0.3) is 0 Å². The van der Waals surface area contributed by atoms with Crippen LogP contribution in [-0.4, -0.2) is 76.5 Å². The summed E-state index contributed by atoms with van der Waals surface area (Å²) in [4.78, 5) is 65.7. The molecule has 0 aromatic heterocycles. The molecule has 0 aliphatic rings. The van der Waals surface area contributed by atoms with Gasteiger partial charge in [-0.15, -0.1) is 0 Å². The Hall–Kier alpha value is -4.20. The van der Waals surface area contributed by atoms with Crippen LogP contribution in [0.25, 0.3) is 0 Å². The van der Waals surface area contributed by atoms with Crippen LogP contribution >= 0.6 is 0 Å². The molecule has 1 aromatic carbocycles. The Labute approximate surface area is 226 Å². The number of guanidine groups is 1. The van der Waals surface area contributed by atoms with Crippen LogP contribution in [0.1, 0.15) is 45.1 Å². The van der Waals surface area contributed by atoms with Crippen molar-refractivity contribution in [2.75, 3.05) is 6.54 Å². The number of rotatable bonds is 17. The van der Waals surface area contributed by atoms with Crippen molar-refractivity contribution in [1.82, 2.24) is 16.0 Å². The Balaban J connectivity index is 3.10. The van der Waals surface area contributed by atoms with E-state index in [1.165, 1.54) is 0 Å². The van der Waals surface area contributed by atoms with Crippen LogP contribution in [0.4, 0.5) is 0 Å². The van der Waals surface area contributed by atoms with Gasteiger partial charge in [0.05, 0.1) is 12.5 Å². The quantitative estimate of drug-likeness (QED) is 0.0645. The fourth-order valence-electron chi connectivity index (χ4n) is 3.64. The number of nitrogens with zero attached hydrogens (tertiary/aromatic N) is 1. The van der Waals surface area contributed by atoms with Crippen molar-refractivity contribution in [3.63, 3.8) is 0 Å². The summed E-state index contributed by atoms with van der Waals surface area (Å²) in [7, 11) is 0. The number of carboxylic acids is 2. The predicted octanol–water partition coefficient (Wildman–Crippen LogP) is -1.33. The first-order chi connectivity index (χ1) is 18.3. The fraction of sp³-hybridized carbons (Fsp3) is 0.520. The van der Waals surface area contributed by atoms with Gasteiger partial charge in [0, 0.05) is 13.0 Å². The second kappa shape index (κ2) is 16.6. The lowest BCUT2D eigenvalue weighted by atomic mass is 10.0. The molecule has 216 valence electrons. The Morgan fingerprint density at radius 2 is 1.44 bits per heavy atom. The first-order valence-electron chi connectivity index (χ1n) is 12.5. The van der Waals surface area contributed by atoms with E-state index in [9.17, 15) is 34.2 Å². The minimum atomic E-state index is -1.52. The van der Waals surface area contributed by atoms with Crippen LogP contribution in [0, 0.1) is 5.92 Å². The summed E-state index contributed by atoms with van der Waals surface area (Å²) in [5.74, 6) is -5.17. The molecule has 3 amide bonds. The molecule has 39 heavy (non-hydrogen) atoms. The molecule has 0 spiro atoms. The zero-order valence-electron chi connectivity index (χ0n) is 22.1. The molecule has 0 saturated carbocycles. The molecule has 0 aliphatic carbocycles. The Morgan fingerprint density at radius 3 is 1.97 bits per heavy atom. The maximum Gasteiger partial charge on any atom is 0.326 e. The van der Waals surface area contributed by atoms with E-state index >= 15 is 0 Å². The van der Waals surface area contributed by atoms with Gasteiger partial charge in [0.1, 0.15) is 18.1 Å². The molecule has 11 N–H and O–H groups in total. The van der Waals surface area contributed by atoms with Gasteiger partial charge >= 0.3 is 11.9 Å². The predicted molar refractivity (Wildman–Crippen MR) is 143 cm³/mol. The topological polar surface area (TPSA) is 252 Å². The van der Waals surface area contributed by atoms with Crippen LogP contribution in [0.3, 0.4) is 0 Å². The van der Waals surface area contributed by atoms with E-state index in [0.717, 1.165) is 0 Å². The van der Waals surface area contributed by atoms with E-state index in [0.29, 0.717) is 12.0 Å². The van der Waals surface area contributed by atoms with Gasteiger partial charge in [-0.25, -0.2) is 4.79 Å². The van der Waals surface area contributed by atoms with E-state index in [4.69, 9.17) is 17.2 Å². The first-order valence-corrected chi connectivity index (χ1v) is 12.5. The molecule has 14 heteroatoms. The highest BCUT2D eigenvalue weighted by Gasteiger charge is 2.31. The average molecular weight is 550 g/mol. The third kappa shape index (κ3) is 13.2. The largest absolute Gasteiger partial charge is 0.481 e. The second-order valence-electron chi connectivity index (χ2n) is 9.49. The van der Waals surface area contributed by atoms with Crippen LogP contribution in [0.2, 0.25) is 0 Å². The monoisotopic (exact) mass is 549 g/mol. The molecule has 0 aliphatic heterocycles. The number of hydrogen-bond acceptors (Lipinski definition) is 7. The van der Waals surface area contributed by atoms with Crippen molar-refractivity contribution in [3.05, 3.63) is 35.9 Å². The lowest BCUT2D eigenvalue weighted by Crippen LogP contribution is -2.58. The maximum atomic E-state index is 13.2. The van der Waals surface area contributed by atoms with E-state index < -0.39 is 60.2 Å². The Bertz CT molecular complexity index is 1010. The fourth-order valence-corrected chi connectivity index (χ4v) is 3.64. The molecule has 0 radical (unpaired) electrons. The normalized spacial score (nSPS) is 13.8. The summed E-state index contributed by atoms with van der Waals surface area (Å²) in [5.41, 5.74) is 17.0. The van der Waals surface area contributed by atoms with Crippen LogP contribution < -0.4 is 33.2 Å². The van der Waals surface area contributed by atoms with Crippen molar-refractivity contribution < 1.29 is 34.2 Å². The van der Waals surface area contributed by atoms with Gasteiger partial charge in [0.15, 0.2) is 5.96 Å². The molecule has 1 rings (SSSR count). The number of nitrogens with two attached hydrogens (primary N) is 3. The van der Waals surface area contributed by atoms with Crippen molar-refractivity contribution in [3.8, 4) is 0 Å². The second-order valence-corrected chi connectivity index (χ2v) is 9.49. The minimum Gasteiger partial charge on any atom is -0.481 e. The molecule has 4 unspecified atom stereocenters. The van der Waals surface area contributed by atoms with E-state index in [1.807, 2.05) is 13.8 Å². The van der Waals surface area contributed by atoms with E-state index in [-0.39, 0.29) is 37.7 Å². The van der Waals surface area contributed by atoms with Gasteiger partial charge < -0.3 is 43.4 Å². The molecule has 4 atom stereocenters. The molecule has 0 saturated heterocycles. The lowest BCUT2D eigenvalue weighted by Gasteiger charge is -2.25. The lowest BCUT2D eigenvalue weighted by molar-refractivity contribution is -0.143. The minimum absolute atomic E-state index is 0.00922. The molecule has 14 nitrogen and oxygen atoms in total. The highest BCUT2D eigenvalue weighted by Crippen LogP contribution is 2.08. The zero-order valence-corrected chi connectivity index (χ0v) is 22.1. The Morgan fingerprint density at radius 1 is 0.872 bits per heavy atom. The van der Waals surface area contributed by atoms with E-state index in [1.54, 1.807) is 30.3 Å². The molecule has 0 bridgehead atoms. The van der Waals surface area contributed by atoms with Crippen molar-refractivity contribution in [1.29, 1.82) is 0 Å². The summed E-state index contributed by atoms with van der Waals surface area (Å²) in [6.07, 6.45) is -0.205. The smallest absolute Gasteiger partial charge is 0.326 e. The SMILES string of the molecule is CC(C)CC(N)C(=O)NC(CC(=O)O)C(=O)NC(Cc1ccccc1)C(=O)NC(CCCN=C(N)N)C(=O)O. The zero-order chi connectivity index (χ0) is 29.5. The third-order valence-corrected chi connectivity index (χ3v) is 5.55. The first kappa shape index (κ1) is 32.8. The summed E-state index contributed by atoms with van der Waals surface area (Å²) in [5, 5.41) is 26.1. The number of hydrogen-bond donors (Lipinski definition) is 8. The third-order valence-electron chi connectivity index (χ3n) is 5.55. The number of aliphatic carboxylic acids is 2.